The molecule has 1 saturated heterocycles. The molecule has 1 heterocycles. The molecule has 9 nitrogen and oxygen atoms in total. The standard InChI is InChI=1S/C28H36N2O7/c1-8-29(9-2)12-13-30-24(18-15-21(35-5)27(37-7)22(16-18)36-6)23(26(32)28(30)33)25(31)20-11-10-19(34-4)14-17(20)3/h10-11,14-16,24,31H,8-9,12-13H2,1-7H3. The minimum absolute atomic E-state index is 0.0953. The summed E-state index contributed by atoms with van der Waals surface area (Å²) in [5.74, 6) is -0.278. The Balaban J connectivity index is 2.25. The molecule has 200 valence electrons. The van der Waals surface area contributed by atoms with Gasteiger partial charge in [0.05, 0.1) is 60.7 Å². The van der Waals surface area contributed by atoms with E-state index in [9.17, 15) is 14.7 Å². The number of methoxy groups -OCH3 is 4. The molecular formula is C28H36N2O7. The molecule has 1 unspecified atom stereocenters. The lowest BCUT2D eigenvalue weighted by molar-refractivity contribution is -0.895. The molecule has 1 aliphatic heterocycles. The van der Waals surface area contributed by atoms with E-state index in [1.165, 1.54) is 31.1 Å². The number of benzene rings is 2. The molecule has 2 aromatic carbocycles. The largest absolute Gasteiger partial charge is 0.872 e. The number of nitrogens with zero attached hydrogens (tertiary/aromatic N) is 1. The molecule has 0 saturated carbocycles. The number of aryl methyl sites for hydroxylation is 1. The van der Waals surface area contributed by atoms with Gasteiger partial charge in [-0.1, -0.05) is 11.8 Å². The fraction of sp³-hybridized carbons (Fsp3) is 0.429. The second-order valence-electron chi connectivity index (χ2n) is 8.82. The van der Waals surface area contributed by atoms with E-state index in [0.717, 1.165) is 13.1 Å². The van der Waals surface area contributed by atoms with Crippen LogP contribution in [-0.4, -0.2) is 71.2 Å². The van der Waals surface area contributed by atoms with Crippen molar-refractivity contribution in [2.24, 2.45) is 0 Å². The van der Waals surface area contributed by atoms with Crippen LogP contribution in [0.5, 0.6) is 23.0 Å². The zero-order valence-corrected chi connectivity index (χ0v) is 22.6. The van der Waals surface area contributed by atoms with Crippen LogP contribution in [0.2, 0.25) is 0 Å². The molecule has 1 amide bonds. The first-order valence-electron chi connectivity index (χ1n) is 12.3. The van der Waals surface area contributed by atoms with Crippen molar-refractivity contribution in [3.63, 3.8) is 0 Å². The van der Waals surface area contributed by atoms with Crippen molar-refractivity contribution in [1.29, 1.82) is 0 Å². The predicted molar refractivity (Wildman–Crippen MR) is 137 cm³/mol. The number of likely N-dealkylation sites (tertiary alicyclic amines) is 1. The van der Waals surface area contributed by atoms with Crippen molar-refractivity contribution in [2.45, 2.75) is 26.8 Å². The van der Waals surface area contributed by atoms with Gasteiger partial charge in [-0.3, -0.25) is 9.59 Å². The van der Waals surface area contributed by atoms with Gasteiger partial charge in [0.2, 0.25) is 11.5 Å². The molecule has 1 atom stereocenters. The molecule has 1 fully saturated rings. The lowest BCUT2D eigenvalue weighted by atomic mass is 9.93. The van der Waals surface area contributed by atoms with Gasteiger partial charge in [0.15, 0.2) is 11.5 Å². The number of nitrogens with one attached hydrogen (secondary N) is 1. The van der Waals surface area contributed by atoms with E-state index in [1.54, 1.807) is 44.4 Å². The third-order valence-corrected chi connectivity index (χ3v) is 6.92. The van der Waals surface area contributed by atoms with Crippen LogP contribution in [0.1, 0.15) is 36.6 Å². The molecule has 0 aliphatic carbocycles. The summed E-state index contributed by atoms with van der Waals surface area (Å²) in [7, 11) is 6.02. The zero-order valence-electron chi connectivity index (χ0n) is 22.6. The fourth-order valence-corrected chi connectivity index (χ4v) is 4.75. The van der Waals surface area contributed by atoms with Crippen molar-refractivity contribution in [1.82, 2.24) is 4.90 Å². The van der Waals surface area contributed by atoms with Crippen molar-refractivity contribution in [3.05, 3.63) is 52.6 Å². The summed E-state index contributed by atoms with van der Waals surface area (Å²) < 4.78 is 21.7. The van der Waals surface area contributed by atoms with Gasteiger partial charge in [-0.15, -0.1) is 0 Å². The maximum atomic E-state index is 13.9. The van der Waals surface area contributed by atoms with Crippen LogP contribution in [0.4, 0.5) is 0 Å². The van der Waals surface area contributed by atoms with Crippen LogP contribution in [0.3, 0.4) is 0 Å². The van der Waals surface area contributed by atoms with E-state index in [2.05, 4.69) is 13.8 Å². The van der Waals surface area contributed by atoms with E-state index in [-0.39, 0.29) is 5.57 Å². The molecule has 0 bridgehead atoms. The summed E-state index contributed by atoms with van der Waals surface area (Å²) in [4.78, 5) is 29.5. The number of likely N-dealkylation sites (N-methyl/N-ethyl adjacent to an activating group) is 1. The quantitative estimate of drug-likeness (QED) is 0.274. The van der Waals surface area contributed by atoms with E-state index in [0.29, 0.717) is 52.8 Å². The number of quaternary nitrogens is 1. The minimum Gasteiger partial charge on any atom is -0.872 e. The van der Waals surface area contributed by atoms with Gasteiger partial charge in [0.1, 0.15) is 5.75 Å². The highest BCUT2D eigenvalue weighted by Crippen LogP contribution is 2.45. The van der Waals surface area contributed by atoms with Gasteiger partial charge in [-0.25, -0.2) is 0 Å². The molecule has 2 aromatic rings. The third kappa shape index (κ3) is 5.36. The summed E-state index contributed by atoms with van der Waals surface area (Å²) in [6.07, 6.45) is 0. The highest BCUT2D eigenvalue weighted by molar-refractivity contribution is 6.46. The number of ketones is 1. The SMILES string of the molecule is CC[NH+](CC)CCN1C(=O)C(=O)C(=C([O-])c2ccc(OC)cc2C)C1c1cc(OC)c(OC)c(OC)c1. The van der Waals surface area contributed by atoms with Gasteiger partial charge >= 0.3 is 0 Å². The number of Topliss-reactive ketones (excluding diaryl/α,β-unsaturated/α-hetero) is 1. The Labute approximate surface area is 218 Å². The summed E-state index contributed by atoms with van der Waals surface area (Å²) in [5.41, 5.74) is 1.41. The average Bonchev–Trinajstić information content (AvgIpc) is 3.17. The summed E-state index contributed by atoms with van der Waals surface area (Å²) in [6.45, 7) is 8.61. The number of rotatable bonds is 11. The van der Waals surface area contributed by atoms with Crippen molar-refractivity contribution in [2.75, 3.05) is 54.6 Å². The van der Waals surface area contributed by atoms with E-state index >= 15 is 0 Å². The second-order valence-corrected chi connectivity index (χ2v) is 8.82. The number of carbonyl (C=O) groups is 2. The average molecular weight is 513 g/mol. The Morgan fingerprint density at radius 2 is 1.57 bits per heavy atom. The highest BCUT2D eigenvalue weighted by Gasteiger charge is 2.45. The van der Waals surface area contributed by atoms with Crippen LogP contribution in [0.25, 0.3) is 5.76 Å². The number of carbonyl (C=O) groups excluding carboxylic acids is 2. The maximum Gasteiger partial charge on any atom is 0.295 e. The molecule has 0 aromatic heterocycles. The molecule has 1 aliphatic rings. The first-order chi connectivity index (χ1) is 17.8. The van der Waals surface area contributed by atoms with Gasteiger partial charge < -0.3 is 33.9 Å². The van der Waals surface area contributed by atoms with Gasteiger partial charge in [-0.05, 0) is 61.7 Å². The Kier molecular flexibility index (Phi) is 9.04. The van der Waals surface area contributed by atoms with E-state index < -0.39 is 23.5 Å². The van der Waals surface area contributed by atoms with E-state index in [1.807, 2.05) is 0 Å². The number of hydrogen-bond acceptors (Lipinski definition) is 7. The fourth-order valence-electron chi connectivity index (χ4n) is 4.75. The molecule has 37 heavy (non-hydrogen) atoms. The summed E-state index contributed by atoms with van der Waals surface area (Å²) in [5, 5.41) is 13.9. The Morgan fingerprint density at radius 1 is 0.946 bits per heavy atom. The molecular weight excluding hydrogens is 476 g/mol. The molecule has 0 radical (unpaired) electrons. The second kappa shape index (κ2) is 12.0. The zero-order chi connectivity index (χ0) is 27.3. The number of ether oxygens (including phenoxy) is 4. The van der Waals surface area contributed by atoms with Crippen molar-refractivity contribution < 1.29 is 38.5 Å². The molecule has 9 heteroatoms. The van der Waals surface area contributed by atoms with Crippen molar-refractivity contribution >= 4 is 17.4 Å². The van der Waals surface area contributed by atoms with Crippen molar-refractivity contribution in [3.8, 4) is 23.0 Å². The van der Waals surface area contributed by atoms with Crippen LogP contribution >= 0.6 is 0 Å². The Morgan fingerprint density at radius 3 is 2.05 bits per heavy atom. The monoisotopic (exact) mass is 512 g/mol. The highest BCUT2D eigenvalue weighted by atomic mass is 16.5. The van der Waals surface area contributed by atoms with Crippen LogP contribution in [0.15, 0.2) is 35.9 Å². The van der Waals surface area contributed by atoms with Gasteiger partial charge in [0, 0.05) is 5.57 Å². The first kappa shape index (κ1) is 27.9. The first-order valence-corrected chi connectivity index (χ1v) is 12.3. The molecule has 1 N–H and O–H groups in total. The maximum absolute atomic E-state index is 13.9. The Bertz CT molecular complexity index is 1160. The predicted octanol–water partition coefficient (Wildman–Crippen LogP) is 1.18. The lowest BCUT2D eigenvalue weighted by Crippen LogP contribution is -3.12. The molecule has 3 rings (SSSR count). The minimum atomic E-state index is -0.905. The lowest BCUT2D eigenvalue weighted by Gasteiger charge is -2.29. The number of hydrogen-bond donors (Lipinski definition) is 1. The van der Waals surface area contributed by atoms with Crippen LogP contribution in [0, 0.1) is 6.92 Å². The summed E-state index contributed by atoms with van der Waals surface area (Å²) in [6, 6.07) is 7.48. The number of amides is 1. The topological polar surface area (TPSA) is 102 Å². The van der Waals surface area contributed by atoms with Gasteiger partial charge in [-0.2, -0.15) is 0 Å². The smallest absolute Gasteiger partial charge is 0.295 e. The van der Waals surface area contributed by atoms with E-state index in [4.69, 9.17) is 18.9 Å². The van der Waals surface area contributed by atoms with Gasteiger partial charge in [0.25, 0.3) is 5.91 Å². The van der Waals surface area contributed by atoms with Crippen LogP contribution < -0.4 is 29.0 Å². The summed E-state index contributed by atoms with van der Waals surface area (Å²) >= 11 is 0. The normalized spacial score (nSPS) is 16.9. The molecule has 0 spiro atoms. The third-order valence-electron chi connectivity index (χ3n) is 6.92. The Hall–Kier alpha value is -3.72. The van der Waals surface area contributed by atoms with Crippen LogP contribution in [-0.2, 0) is 9.59 Å².